The second-order valence-electron chi connectivity index (χ2n) is 8.30. The van der Waals surface area contributed by atoms with E-state index in [2.05, 4.69) is 24.9 Å². The fourth-order valence-corrected chi connectivity index (χ4v) is 5.28. The lowest BCUT2D eigenvalue weighted by Crippen LogP contribution is -2.35. The number of halogens is 1. The number of anilines is 1. The van der Waals surface area contributed by atoms with Crippen molar-refractivity contribution in [2.75, 3.05) is 45.9 Å². The number of hydrogen-bond acceptors (Lipinski definition) is 10. The van der Waals surface area contributed by atoms with Crippen LogP contribution in [0, 0.1) is 5.92 Å². The Hall–Kier alpha value is -1.90. The minimum absolute atomic E-state index is 0.0470. The van der Waals surface area contributed by atoms with Crippen LogP contribution in [0.5, 0.6) is 0 Å². The fraction of sp³-hybridized carbons (Fsp3) is 0.700. The van der Waals surface area contributed by atoms with Gasteiger partial charge in [0.05, 0.1) is 24.3 Å². The first-order valence-corrected chi connectivity index (χ1v) is 12.7. The van der Waals surface area contributed by atoms with Gasteiger partial charge in [0.1, 0.15) is 17.2 Å². The Bertz CT molecular complexity index is 1020. The fourth-order valence-electron chi connectivity index (χ4n) is 4.05. The van der Waals surface area contributed by atoms with Crippen LogP contribution in [0.2, 0.25) is 5.02 Å². The van der Waals surface area contributed by atoms with E-state index in [9.17, 15) is 13.5 Å². The molecule has 1 aliphatic carbocycles. The Balaban J connectivity index is 1.91. The van der Waals surface area contributed by atoms with Crippen molar-refractivity contribution in [1.29, 1.82) is 0 Å². The quantitative estimate of drug-likeness (QED) is 0.399. The normalized spacial score (nSPS) is 20.2. The highest BCUT2D eigenvalue weighted by Crippen LogP contribution is 2.42. The molecule has 0 bridgehead atoms. The summed E-state index contributed by atoms with van der Waals surface area (Å²) in [5.41, 5.74) is 0. The largest absolute Gasteiger partial charge is 0.396 e. The maximum Gasteiger partial charge on any atom is 0.240 e. The van der Waals surface area contributed by atoms with E-state index in [0.29, 0.717) is 10.8 Å². The molecule has 190 valence electrons. The molecule has 0 aromatic carbocycles. The van der Waals surface area contributed by atoms with Gasteiger partial charge in [-0.25, -0.2) is 18.4 Å². The van der Waals surface area contributed by atoms with Crippen molar-refractivity contribution in [2.45, 2.75) is 43.1 Å². The lowest BCUT2D eigenvalue weighted by Gasteiger charge is -2.34. The molecule has 2 N–H and O–H groups in total. The van der Waals surface area contributed by atoms with E-state index < -0.39 is 21.4 Å². The van der Waals surface area contributed by atoms with Gasteiger partial charge < -0.3 is 19.3 Å². The van der Waals surface area contributed by atoms with Gasteiger partial charge in [0.2, 0.25) is 16.0 Å². The number of methoxy groups -OCH3 is 3. The standard InChI is InChI=1S/C20H31ClN6O6S/c1-12(17(33-4)18-22-7-15(21)8-23-18)34(29,30)26-20-25-24-19(14-5-13(6-14)9-28)27(20)16(10-31-2)11-32-3/h7-8,12-14,16-17,28H,5-6,9-11H2,1-4H3,(H,25,26)/t12-,13-,14+,17-/m0/s1. The van der Waals surface area contributed by atoms with E-state index in [4.69, 9.17) is 25.8 Å². The van der Waals surface area contributed by atoms with Crippen molar-refractivity contribution in [3.8, 4) is 0 Å². The molecule has 2 atom stereocenters. The van der Waals surface area contributed by atoms with Gasteiger partial charge in [-0.1, -0.05) is 11.6 Å². The highest BCUT2D eigenvalue weighted by atomic mass is 35.5. The number of nitrogens with zero attached hydrogens (tertiary/aromatic N) is 5. The third-order valence-corrected chi connectivity index (χ3v) is 7.85. The third kappa shape index (κ3) is 5.83. The number of nitrogens with one attached hydrogen (secondary N) is 1. The van der Waals surface area contributed by atoms with Gasteiger partial charge in [0.25, 0.3) is 0 Å². The zero-order chi connectivity index (χ0) is 24.9. The van der Waals surface area contributed by atoms with E-state index in [1.54, 1.807) is 18.8 Å². The predicted octanol–water partition coefficient (Wildman–Crippen LogP) is 1.56. The van der Waals surface area contributed by atoms with Crippen LogP contribution in [0.4, 0.5) is 5.95 Å². The van der Waals surface area contributed by atoms with E-state index in [1.165, 1.54) is 26.4 Å². The number of hydrogen-bond donors (Lipinski definition) is 2. The first-order valence-electron chi connectivity index (χ1n) is 10.8. The van der Waals surface area contributed by atoms with E-state index in [-0.39, 0.29) is 49.5 Å². The smallest absolute Gasteiger partial charge is 0.240 e. The van der Waals surface area contributed by atoms with Crippen molar-refractivity contribution in [1.82, 2.24) is 24.7 Å². The molecule has 2 heterocycles. The van der Waals surface area contributed by atoms with Gasteiger partial charge in [-0.05, 0) is 25.7 Å². The SMILES string of the molecule is COCC(COC)n1c(NS(=O)(=O)[C@@H](C)[C@H](OC)c2ncc(Cl)cn2)nnc1[C@H]1C[C@@H](CO)C1. The molecule has 34 heavy (non-hydrogen) atoms. The maximum atomic E-state index is 13.3. The Morgan fingerprint density at radius 3 is 2.32 bits per heavy atom. The molecule has 3 rings (SSSR count). The molecule has 0 spiro atoms. The summed E-state index contributed by atoms with van der Waals surface area (Å²) in [6, 6.07) is -0.362. The Morgan fingerprint density at radius 2 is 1.79 bits per heavy atom. The highest BCUT2D eigenvalue weighted by molar-refractivity contribution is 7.93. The van der Waals surface area contributed by atoms with Crippen LogP contribution in [-0.2, 0) is 24.2 Å². The van der Waals surface area contributed by atoms with Crippen LogP contribution in [0.1, 0.15) is 49.5 Å². The predicted molar refractivity (Wildman–Crippen MR) is 124 cm³/mol. The average molecular weight is 519 g/mol. The molecule has 2 aromatic heterocycles. The van der Waals surface area contributed by atoms with Crippen LogP contribution in [0.25, 0.3) is 0 Å². The van der Waals surface area contributed by atoms with Crippen LogP contribution in [0.15, 0.2) is 12.4 Å². The minimum Gasteiger partial charge on any atom is -0.396 e. The van der Waals surface area contributed by atoms with Crippen molar-refractivity contribution >= 4 is 27.6 Å². The van der Waals surface area contributed by atoms with Crippen LogP contribution >= 0.6 is 11.6 Å². The highest BCUT2D eigenvalue weighted by Gasteiger charge is 2.38. The van der Waals surface area contributed by atoms with E-state index in [0.717, 1.165) is 12.8 Å². The minimum atomic E-state index is -4.02. The molecule has 1 fully saturated rings. The van der Waals surface area contributed by atoms with Gasteiger partial charge in [-0.15, -0.1) is 10.2 Å². The van der Waals surface area contributed by atoms with Crippen molar-refractivity contribution in [2.24, 2.45) is 5.92 Å². The second kappa shape index (κ2) is 11.7. The van der Waals surface area contributed by atoms with E-state index >= 15 is 0 Å². The summed E-state index contributed by atoms with van der Waals surface area (Å²) < 4.78 is 47.1. The number of sulfonamides is 1. The zero-order valence-electron chi connectivity index (χ0n) is 19.6. The molecule has 12 nitrogen and oxygen atoms in total. The summed E-state index contributed by atoms with van der Waals surface area (Å²) >= 11 is 5.85. The summed E-state index contributed by atoms with van der Waals surface area (Å²) in [6.07, 6.45) is 3.29. The molecule has 0 aliphatic heterocycles. The molecular formula is C20H31ClN6O6S. The molecule has 2 aromatic rings. The van der Waals surface area contributed by atoms with E-state index in [1.807, 2.05) is 0 Å². The van der Waals surface area contributed by atoms with Crippen molar-refractivity contribution in [3.63, 3.8) is 0 Å². The first kappa shape index (κ1) is 26.7. The average Bonchev–Trinajstić information content (AvgIpc) is 3.16. The molecule has 0 radical (unpaired) electrons. The molecule has 0 amide bonds. The molecule has 0 unspecified atom stereocenters. The summed E-state index contributed by atoms with van der Waals surface area (Å²) in [5.74, 6) is 1.11. The van der Waals surface area contributed by atoms with Crippen LogP contribution < -0.4 is 4.72 Å². The molecule has 14 heteroatoms. The number of rotatable bonds is 13. The first-order chi connectivity index (χ1) is 16.2. The number of aliphatic hydroxyl groups is 1. The number of aromatic nitrogens is 5. The molecular weight excluding hydrogens is 488 g/mol. The third-order valence-electron chi connectivity index (χ3n) is 5.96. The van der Waals surface area contributed by atoms with Gasteiger partial charge in [0.15, 0.2) is 5.82 Å². The summed E-state index contributed by atoms with van der Waals surface area (Å²) in [7, 11) is 0.476. The zero-order valence-corrected chi connectivity index (χ0v) is 21.2. The summed E-state index contributed by atoms with van der Waals surface area (Å²) in [6.45, 7) is 2.12. The Labute approximate surface area is 204 Å². The molecule has 0 saturated heterocycles. The lowest BCUT2D eigenvalue weighted by molar-refractivity contribution is 0.0841. The summed E-state index contributed by atoms with van der Waals surface area (Å²) in [4.78, 5) is 8.20. The van der Waals surface area contributed by atoms with Gasteiger partial charge in [-0.2, -0.15) is 0 Å². The number of ether oxygens (including phenoxy) is 3. The van der Waals surface area contributed by atoms with Gasteiger partial charge >= 0.3 is 0 Å². The van der Waals surface area contributed by atoms with Crippen molar-refractivity contribution in [3.05, 3.63) is 29.1 Å². The lowest BCUT2D eigenvalue weighted by atomic mass is 9.75. The van der Waals surface area contributed by atoms with Gasteiger partial charge in [0, 0.05) is 46.2 Å². The van der Waals surface area contributed by atoms with Gasteiger partial charge in [-0.3, -0.25) is 9.29 Å². The molecule has 1 saturated carbocycles. The maximum absolute atomic E-state index is 13.3. The second-order valence-corrected chi connectivity index (χ2v) is 10.8. The van der Waals surface area contributed by atoms with Crippen molar-refractivity contribution < 1.29 is 27.7 Å². The topological polar surface area (TPSA) is 151 Å². The summed E-state index contributed by atoms with van der Waals surface area (Å²) in [5, 5.41) is 17.1. The van der Waals surface area contributed by atoms with Crippen LogP contribution in [0.3, 0.4) is 0 Å². The number of aliphatic hydroxyl groups excluding tert-OH is 1. The Morgan fingerprint density at radius 1 is 1.18 bits per heavy atom. The van der Waals surface area contributed by atoms with Crippen LogP contribution in [-0.4, -0.2) is 84.7 Å². The Kier molecular flexibility index (Phi) is 9.18. The molecule has 1 aliphatic rings. The monoisotopic (exact) mass is 518 g/mol.